The van der Waals surface area contributed by atoms with Crippen LogP contribution < -0.4 is 15.4 Å². The number of aromatic nitrogens is 7. The van der Waals surface area contributed by atoms with Crippen molar-refractivity contribution >= 4 is 23.7 Å². The Hall–Kier alpha value is -2.95. The molecule has 2 heterocycles. The number of tetrazole rings is 1. The molecule has 0 atom stereocenters. The Labute approximate surface area is 154 Å². The van der Waals surface area contributed by atoms with E-state index in [1.165, 1.54) is 11.8 Å². The predicted molar refractivity (Wildman–Crippen MR) is 98.6 cm³/mol. The summed E-state index contributed by atoms with van der Waals surface area (Å²) >= 11 is 1.40. The number of nitrogens with two attached hydrogens (primary N) is 1. The highest BCUT2D eigenvalue weighted by atomic mass is 32.2. The van der Waals surface area contributed by atoms with Crippen LogP contribution >= 0.6 is 11.8 Å². The number of ether oxygens (including phenoxy) is 1. The van der Waals surface area contributed by atoms with Crippen LogP contribution in [0.5, 0.6) is 5.75 Å². The van der Waals surface area contributed by atoms with Crippen LogP contribution in [-0.2, 0) is 5.75 Å². The Morgan fingerprint density at radius 3 is 2.77 bits per heavy atom. The second kappa shape index (κ2) is 7.52. The van der Waals surface area contributed by atoms with E-state index in [4.69, 9.17) is 10.5 Å². The van der Waals surface area contributed by atoms with Gasteiger partial charge in [0.25, 0.3) is 0 Å². The van der Waals surface area contributed by atoms with Gasteiger partial charge in [0.05, 0.1) is 12.9 Å². The van der Waals surface area contributed by atoms with E-state index in [0.717, 1.165) is 11.3 Å². The van der Waals surface area contributed by atoms with Crippen LogP contribution in [0.1, 0.15) is 11.4 Å². The van der Waals surface area contributed by atoms with Gasteiger partial charge in [-0.05, 0) is 35.0 Å². The zero-order valence-corrected chi connectivity index (χ0v) is 15.7. The fraction of sp³-hybridized carbons (Fsp3) is 0.333. The van der Waals surface area contributed by atoms with E-state index in [0.29, 0.717) is 28.4 Å². The van der Waals surface area contributed by atoms with E-state index in [-0.39, 0.29) is 5.95 Å². The highest BCUT2D eigenvalue weighted by molar-refractivity contribution is 7.98. The average molecular weight is 373 g/mol. The highest BCUT2D eigenvalue weighted by Crippen LogP contribution is 2.28. The van der Waals surface area contributed by atoms with Crippen LogP contribution in [0.15, 0.2) is 23.4 Å². The summed E-state index contributed by atoms with van der Waals surface area (Å²) in [6.45, 7) is 2.00. The molecule has 3 aromatic rings. The first-order chi connectivity index (χ1) is 12.5. The zero-order chi connectivity index (χ0) is 18.7. The molecule has 0 saturated heterocycles. The molecule has 0 amide bonds. The molecule has 0 spiro atoms. The van der Waals surface area contributed by atoms with Crippen molar-refractivity contribution in [3.05, 3.63) is 29.6 Å². The molecule has 1 aromatic carbocycles. The first kappa shape index (κ1) is 17.9. The molecule has 0 aliphatic heterocycles. The van der Waals surface area contributed by atoms with Gasteiger partial charge in [-0.15, -0.1) is 5.10 Å². The van der Waals surface area contributed by atoms with Crippen molar-refractivity contribution < 1.29 is 4.74 Å². The van der Waals surface area contributed by atoms with Crippen LogP contribution in [0.25, 0.3) is 5.69 Å². The lowest BCUT2D eigenvalue weighted by Crippen LogP contribution is -2.16. The van der Waals surface area contributed by atoms with Crippen molar-refractivity contribution in [1.29, 1.82) is 0 Å². The maximum Gasteiger partial charge on any atom is 0.229 e. The number of nitrogens with zero attached hydrogens (tertiary/aromatic N) is 8. The van der Waals surface area contributed by atoms with E-state index in [1.807, 2.05) is 39.2 Å². The van der Waals surface area contributed by atoms with Crippen LogP contribution in [-0.4, -0.2) is 56.4 Å². The van der Waals surface area contributed by atoms with Gasteiger partial charge < -0.3 is 15.4 Å². The second-order valence-electron chi connectivity index (χ2n) is 5.64. The van der Waals surface area contributed by atoms with Crippen molar-refractivity contribution in [2.24, 2.45) is 0 Å². The molecule has 0 unspecified atom stereocenters. The summed E-state index contributed by atoms with van der Waals surface area (Å²) in [5.41, 5.74) is 7.61. The number of thioether (sulfide) groups is 1. The zero-order valence-electron chi connectivity index (χ0n) is 14.9. The molecule has 3 rings (SSSR count). The number of methoxy groups -OCH3 is 1. The molecule has 136 valence electrons. The van der Waals surface area contributed by atoms with Crippen LogP contribution in [0.2, 0.25) is 0 Å². The third kappa shape index (κ3) is 3.82. The second-order valence-corrected chi connectivity index (χ2v) is 6.58. The fourth-order valence-electron chi connectivity index (χ4n) is 2.20. The van der Waals surface area contributed by atoms with Gasteiger partial charge in [-0.3, -0.25) is 0 Å². The largest absolute Gasteiger partial charge is 0.494 e. The number of hydrogen-bond donors (Lipinski definition) is 1. The smallest absolute Gasteiger partial charge is 0.229 e. The average Bonchev–Trinajstić information content (AvgIpc) is 3.07. The summed E-state index contributed by atoms with van der Waals surface area (Å²) in [6.07, 6.45) is 0. The molecule has 0 aliphatic rings. The normalized spacial score (nSPS) is 10.8. The van der Waals surface area contributed by atoms with Crippen molar-refractivity contribution in [2.45, 2.75) is 17.8 Å². The van der Waals surface area contributed by atoms with E-state index in [9.17, 15) is 0 Å². The van der Waals surface area contributed by atoms with E-state index in [1.54, 1.807) is 16.7 Å². The Kier molecular flexibility index (Phi) is 5.16. The number of nitrogen functional groups attached to an aromatic ring is 1. The minimum atomic E-state index is 0.180. The molecule has 10 nitrogen and oxygen atoms in total. The lowest BCUT2D eigenvalue weighted by atomic mass is 10.2. The number of anilines is 2. The molecule has 2 N–H and O–H groups in total. The maximum absolute atomic E-state index is 5.76. The highest BCUT2D eigenvalue weighted by Gasteiger charge is 2.15. The molecule has 2 aromatic heterocycles. The molecule has 0 fully saturated rings. The van der Waals surface area contributed by atoms with Crippen molar-refractivity contribution in [3.63, 3.8) is 0 Å². The monoisotopic (exact) mass is 373 g/mol. The lowest BCUT2D eigenvalue weighted by molar-refractivity contribution is 0.410. The first-order valence-electron chi connectivity index (χ1n) is 7.72. The fourth-order valence-corrected chi connectivity index (χ4v) is 2.94. The van der Waals surface area contributed by atoms with Gasteiger partial charge in [-0.25, -0.2) is 0 Å². The van der Waals surface area contributed by atoms with E-state index in [2.05, 4.69) is 30.5 Å². The summed E-state index contributed by atoms with van der Waals surface area (Å²) in [5, 5.41) is 12.5. The predicted octanol–water partition coefficient (Wildman–Crippen LogP) is 1.10. The summed E-state index contributed by atoms with van der Waals surface area (Å²) < 4.78 is 7.05. The number of hydrogen-bond acceptors (Lipinski definition) is 10. The molecule has 0 aliphatic carbocycles. The summed E-state index contributed by atoms with van der Waals surface area (Å²) in [6, 6.07) is 5.82. The number of aryl methyl sites for hydroxylation is 1. The van der Waals surface area contributed by atoms with Crippen molar-refractivity contribution in [1.82, 2.24) is 35.2 Å². The molecular weight excluding hydrogens is 354 g/mol. The molecular formula is C15H19N9OS. The van der Waals surface area contributed by atoms with Gasteiger partial charge in [0.2, 0.25) is 17.1 Å². The maximum atomic E-state index is 5.76. The van der Waals surface area contributed by atoms with Gasteiger partial charge in [0.15, 0.2) is 0 Å². The minimum Gasteiger partial charge on any atom is -0.494 e. The third-order valence-electron chi connectivity index (χ3n) is 3.42. The number of benzene rings is 1. The Morgan fingerprint density at radius 2 is 2.04 bits per heavy atom. The molecule has 26 heavy (non-hydrogen) atoms. The summed E-state index contributed by atoms with van der Waals surface area (Å²) in [4.78, 5) is 14.4. The van der Waals surface area contributed by atoms with Gasteiger partial charge >= 0.3 is 0 Å². The quantitative estimate of drug-likeness (QED) is 0.629. The molecule has 0 bridgehead atoms. The molecule has 11 heteroatoms. The summed E-state index contributed by atoms with van der Waals surface area (Å²) in [5.74, 6) is 2.37. The number of rotatable bonds is 6. The minimum absolute atomic E-state index is 0.180. The topological polar surface area (TPSA) is 121 Å². The van der Waals surface area contributed by atoms with Crippen molar-refractivity contribution in [2.75, 3.05) is 31.8 Å². The van der Waals surface area contributed by atoms with Gasteiger partial charge in [-0.1, -0.05) is 17.8 Å². The third-order valence-corrected chi connectivity index (χ3v) is 4.34. The summed E-state index contributed by atoms with van der Waals surface area (Å²) in [7, 11) is 5.30. The SMILES string of the molecule is COc1ccc(C)cc1-n1nnnc1SCc1nc(N)nc(N(C)C)n1. The Bertz CT molecular complexity index is 912. The van der Waals surface area contributed by atoms with Crippen LogP contribution in [0.3, 0.4) is 0 Å². The van der Waals surface area contributed by atoms with Crippen molar-refractivity contribution in [3.8, 4) is 11.4 Å². The van der Waals surface area contributed by atoms with Gasteiger partial charge in [0, 0.05) is 14.1 Å². The Morgan fingerprint density at radius 1 is 1.23 bits per heavy atom. The van der Waals surface area contributed by atoms with Crippen LogP contribution in [0.4, 0.5) is 11.9 Å². The van der Waals surface area contributed by atoms with Gasteiger partial charge in [0.1, 0.15) is 17.3 Å². The first-order valence-corrected chi connectivity index (χ1v) is 8.70. The standard InChI is InChI=1S/C15H19N9OS/c1-9-5-6-11(25-4)10(7-9)24-15(20-21-22-24)26-8-12-17-13(16)19-14(18-12)23(2)3/h5-7H,8H2,1-4H3,(H2,16,17,18,19). The van der Waals surface area contributed by atoms with Gasteiger partial charge in [-0.2, -0.15) is 19.6 Å². The Balaban J connectivity index is 1.86. The van der Waals surface area contributed by atoms with E-state index >= 15 is 0 Å². The van der Waals surface area contributed by atoms with Crippen LogP contribution in [0, 0.1) is 6.92 Å². The molecule has 0 radical (unpaired) electrons. The van der Waals surface area contributed by atoms with E-state index < -0.39 is 0 Å². The lowest BCUT2D eigenvalue weighted by Gasteiger charge is -2.12. The molecule has 0 saturated carbocycles.